The van der Waals surface area contributed by atoms with Gasteiger partial charge in [0, 0.05) is 36.0 Å². The third-order valence-electron chi connectivity index (χ3n) is 4.84. The van der Waals surface area contributed by atoms with Crippen LogP contribution in [0.2, 0.25) is 0 Å². The molecule has 1 amide bonds. The van der Waals surface area contributed by atoms with E-state index >= 15 is 0 Å². The second-order valence-electron chi connectivity index (χ2n) is 6.82. The molecule has 1 aromatic carbocycles. The van der Waals surface area contributed by atoms with Crippen LogP contribution in [0.15, 0.2) is 24.3 Å². The molecule has 0 bridgehead atoms. The molecule has 1 fully saturated rings. The van der Waals surface area contributed by atoms with Gasteiger partial charge in [0.25, 0.3) is 0 Å². The topological polar surface area (TPSA) is 61.0 Å². The molecule has 25 heavy (non-hydrogen) atoms. The predicted octanol–water partition coefficient (Wildman–Crippen LogP) is 2.49. The van der Waals surface area contributed by atoms with E-state index in [0.717, 1.165) is 42.9 Å². The van der Waals surface area contributed by atoms with Gasteiger partial charge in [-0.1, -0.05) is 18.2 Å². The van der Waals surface area contributed by atoms with E-state index in [9.17, 15) is 9.18 Å². The summed E-state index contributed by atoms with van der Waals surface area (Å²) in [5.74, 6) is -0.148. The molecule has 0 spiro atoms. The fourth-order valence-corrected chi connectivity index (χ4v) is 3.46. The molecule has 0 saturated carbocycles. The number of H-pyrrole nitrogens is 1. The Kier molecular flexibility index (Phi) is 5.48. The summed E-state index contributed by atoms with van der Waals surface area (Å²) in [4.78, 5) is 14.6. The maximum Gasteiger partial charge on any atom is 0.224 e. The molecule has 1 atom stereocenters. The van der Waals surface area contributed by atoms with Gasteiger partial charge in [-0.2, -0.15) is 5.10 Å². The van der Waals surface area contributed by atoms with E-state index in [1.165, 1.54) is 6.07 Å². The first-order chi connectivity index (χ1) is 12.0. The summed E-state index contributed by atoms with van der Waals surface area (Å²) in [6, 6.07) is 6.99. The highest BCUT2D eigenvalue weighted by atomic mass is 19.1. The lowest BCUT2D eigenvalue weighted by Gasteiger charge is -2.33. The molecule has 3 rings (SSSR count). The summed E-state index contributed by atoms with van der Waals surface area (Å²) in [6.07, 6.45) is 2.31. The molecular formula is C19H25FN4O. The molecule has 1 aromatic heterocycles. The van der Waals surface area contributed by atoms with E-state index in [1.807, 2.05) is 26.0 Å². The number of nitrogens with one attached hydrogen (secondary N) is 2. The summed E-state index contributed by atoms with van der Waals surface area (Å²) >= 11 is 0. The highest BCUT2D eigenvalue weighted by molar-refractivity contribution is 5.79. The van der Waals surface area contributed by atoms with Crippen molar-refractivity contribution in [2.24, 2.45) is 0 Å². The number of aromatic nitrogens is 2. The molecule has 1 aliphatic heterocycles. The molecule has 5 nitrogen and oxygen atoms in total. The first-order valence-corrected chi connectivity index (χ1v) is 8.78. The number of benzene rings is 1. The van der Waals surface area contributed by atoms with E-state index < -0.39 is 0 Å². The molecule has 1 aliphatic rings. The van der Waals surface area contributed by atoms with Crippen molar-refractivity contribution in [2.75, 3.05) is 13.1 Å². The highest BCUT2D eigenvalue weighted by Gasteiger charge is 2.22. The van der Waals surface area contributed by atoms with Crippen LogP contribution in [0.1, 0.15) is 35.4 Å². The molecule has 2 aromatic rings. The van der Waals surface area contributed by atoms with Crippen LogP contribution in [0.5, 0.6) is 0 Å². The minimum absolute atomic E-state index is 0.0188. The molecular weight excluding hydrogens is 319 g/mol. The average molecular weight is 344 g/mol. The zero-order valence-corrected chi connectivity index (χ0v) is 14.8. The normalized spacial score (nSPS) is 18.3. The first kappa shape index (κ1) is 17.6. The third-order valence-corrected chi connectivity index (χ3v) is 4.84. The minimum atomic E-state index is -0.167. The maximum atomic E-state index is 13.8. The van der Waals surface area contributed by atoms with E-state index in [-0.39, 0.29) is 17.8 Å². The van der Waals surface area contributed by atoms with Crippen molar-refractivity contribution in [3.63, 3.8) is 0 Å². The van der Waals surface area contributed by atoms with E-state index in [1.54, 1.807) is 6.07 Å². The Morgan fingerprint density at radius 2 is 2.20 bits per heavy atom. The van der Waals surface area contributed by atoms with Crippen LogP contribution in [0.3, 0.4) is 0 Å². The number of carbonyl (C=O) groups excluding carboxylic acids is 1. The van der Waals surface area contributed by atoms with Gasteiger partial charge >= 0.3 is 0 Å². The van der Waals surface area contributed by atoms with Crippen LogP contribution in [0.25, 0.3) is 0 Å². The van der Waals surface area contributed by atoms with E-state index in [0.29, 0.717) is 18.5 Å². The number of piperidine rings is 1. The van der Waals surface area contributed by atoms with Crippen LogP contribution < -0.4 is 5.32 Å². The summed E-state index contributed by atoms with van der Waals surface area (Å²) < 4.78 is 13.8. The lowest BCUT2D eigenvalue weighted by Crippen LogP contribution is -2.47. The van der Waals surface area contributed by atoms with Crippen molar-refractivity contribution in [2.45, 2.75) is 45.7 Å². The minimum Gasteiger partial charge on any atom is -0.352 e. The summed E-state index contributed by atoms with van der Waals surface area (Å²) in [5, 5.41) is 10.2. The maximum absolute atomic E-state index is 13.8. The van der Waals surface area contributed by atoms with E-state index in [4.69, 9.17) is 0 Å². The molecule has 2 heterocycles. The summed E-state index contributed by atoms with van der Waals surface area (Å²) in [7, 11) is 0. The Labute approximate surface area is 147 Å². The van der Waals surface area contributed by atoms with Crippen molar-refractivity contribution in [1.29, 1.82) is 0 Å². The van der Waals surface area contributed by atoms with Gasteiger partial charge in [-0.15, -0.1) is 0 Å². The molecule has 0 aliphatic carbocycles. The number of rotatable bonds is 5. The Morgan fingerprint density at radius 1 is 1.40 bits per heavy atom. The van der Waals surface area contributed by atoms with Gasteiger partial charge in [0.15, 0.2) is 0 Å². The zero-order valence-electron chi connectivity index (χ0n) is 14.8. The lowest BCUT2D eigenvalue weighted by molar-refractivity contribution is -0.121. The van der Waals surface area contributed by atoms with E-state index in [2.05, 4.69) is 20.4 Å². The first-order valence-electron chi connectivity index (χ1n) is 8.78. The van der Waals surface area contributed by atoms with Gasteiger partial charge in [0.1, 0.15) is 5.82 Å². The molecule has 1 saturated heterocycles. The number of halogens is 1. The number of aromatic amines is 1. The van der Waals surface area contributed by atoms with Crippen molar-refractivity contribution in [1.82, 2.24) is 20.4 Å². The van der Waals surface area contributed by atoms with Crippen molar-refractivity contribution in [3.8, 4) is 0 Å². The van der Waals surface area contributed by atoms with Crippen LogP contribution in [-0.4, -0.2) is 40.1 Å². The quantitative estimate of drug-likeness (QED) is 0.876. The Balaban J connectivity index is 1.55. The van der Waals surface area contributed by atoms with Gasteiger partial charge in [0.2, 0.25) is 5.91 Å². The Hall–Kier alpha value is -2.21. The molecule has 0 radical (unpaired) electrons. The number of likely N-dealkylation sites (tertiary alicyclic amines) is 1. The lowest BCUT2D eigenvalue weighted by atomic mass is 10.0. The standard InChI is InChI=1S/C19H25FN4O/c1-13-17(14(2)23-22-13)10-19(25)21-16-7-5-9-24(12-16)11-15-6-3-4-8-18(15)20/h3-4,6,8,16H,5,7,9-12H2,1-2H3,(H,21,25)(H,22,23). The number of carbonyl (C=O) groups is 1. The van der Waals surface area contributed by atoms with Crippen LogP contribution in [0, 0.1) is 19.7 Å². The van der Waals surface area contributed by atoms with Gasteiger partial charge in [-0.25, -0.2) is 4.39 Å². The Morgan fingerprint density at radius 3 is 2.92 bits per heavy atom. The molecule has 134 valence electrons. The highest BCUT2D eigenvalue weighted by Crippen LogP contribution is 2.16. The number of aryl methyl sites for hydroxylation is 2. The zero-order chi connectivity index (χ0) is 17.8. The third kappa shape index (κ3) is 4.45. The second kappa shape index (κ2) is 7.78. The molecule has 1 unspecified atom stereocenters. The van der Waals surface area contributed by atoms with Crippen LogP contribution in [-0.2, 0) is 17.8 Å². The van der Waals surface area contributed by atoms with Crippen molar-refractivity contribution in [3.05, 3.63) is 52.6 Å². The van der Waals surface area contributed by atoms with Gasteiger partial charge in [0.05, 0.1) is 12.1 Å². The molecule has 6 heteroatoms. The fraction of sp³-hybridized carbons (Fsp3) is 0.474. The number of nitrogens with zero attached hydrogens (tertiary/aromatic N) is 2. The Bertz CT molecular complexity index is 723. The summed E-state index contributed by atoms with van der Waals surface area (Å²) in [6.45, 7) is 6.10. The van der Waals surface area contributed by atoms with Crippen molar-refractivity contribution >= 4 is 5.91 Å². The van der Waals surface area contributed by atoms with Gasteiger partial charge in [-0.05, 0) is 39.3 Å². The van der Waals surface area contributed by atoms with Gasteiger partial charge in [-0.3, -0.25) is 14.8 Å². The predicted molar refractivity (Wildman–Crippen MR) is 94.6 cm³/mol. The summed E-state index contributed by atoms with van der Waals surface area (Å²) in [5.41, 5.74) is 3.49. The second-order valence-corrected chi connectivity index (χ2v) is 6.82. The largest absolute Gasteiger partial charge is 0.352 e. The number of hydrogen-bond acceptors (Lipinski definition) is 3. The number of hydrogen-bond donors (Lipinski definition) is 2. The fourth-order valence-electron chi connectivity index (χ4n) is 3.46. The SMILES string of the molecule is Cc1n[nH]c(C)c1CC(=O)NC1CCCN(Cc2ccccc2F)C1. The number of amides is 1. The smallest absolute Gasteiger partial charge is 0.224 e. The van der Waals surface area contributed by atoms with Crippen molar-refractivity contribution < 1.29 is 9.18 Å². The average Bonchev–Trinajstić information content (AvgIpc) is 2.89. The monoisotopic (exact) mass is 344 g/mol. The molecule has 2 N–H and O–H groups in total. The van der Waals surface area contributed by atoms with Crippen LogP contribution in [0.4, 0.5) is 4.39 Å². The van der Waals surface area contributed by atoms with Gasteiger partial charge < -0.3 is 5.32 Å². The van der Waals surface area contributed by atoms with Crippen LogP contribution >= 0.6 is 0 Å².